The number of allylic oxidation sites excluding steroid dienone is 20. The number of carbonyl (C=O) groups is 2. The van der Waals surface area contributed by atoms with E-state index in [1.165, 1.54) is 0 Å². The number of rotatable bonds is 30. The van der Waals surface area contributed by atoms with Gasteiger partial charge in [0.1, 0.15) is 6.61 Å². The van der Waals surface area contributed by atoms with E-state index in [0.29, 0.717) is 12.8 Å². The minimum Gasteiger partial charge on any atom is -0.462 e. The molecule has 0 radical (unpaired) electrons. The Hall–Kier alpha value is -3.70. The van der Waals surface area contributed by atoms with Crippen molar-refractivity contribution in [1.82, 2.24) is 0 Å². The Balaban J connectivity index is 3.83. The van der Waals surface area contributed by atoms with Gasteiger partial charge in [-0.05, 0) is 89.9 Å². The van der Waals surface area contributed by atoms with Gasteiger partial charge in [0.25, 0.3) is 0 Å². The van der Waals surface area contributed by atoms with Crippen LogP contribution in [-0.4, -0.2) is 36.4 Å². The standard InChI is InChI=1S/C43H64O5/c1-3-5-7-9-11-13-15-17-19-21-23-25-27-29-31-33-35-37-42(45)47-40-41(39-44)48-43(46)38-36-34-32-30-28-26-24-22-20-18-16-14-12-10-8-6-4-2/h5-8,11-14,17-20,23-26,29-32,41,44H,3-4,9-10,15-16,21-22,27-28,33-40H2,1-2H3/b7-5-,8-6-,13-11-,14-12-,19-17-,20-18-,25-23-,26-24-,31-29-,32-30-/t41-/m0/s1. The average molecular weight is 661 g/mol. The van der Waals surface area contributed by atoms with Gasteiger partial charge in [-0.25, -0.2) is 0 Å². The molecule has 0 amide bonds. The molecule has 0 bridgehead atoms. The maximum absolute atomic E-state index is 12.1. The van der Waals surface area contributed by atoms with Crippen LogP contribution in [0.25, 0.3) is 0 Å². The van der Waals surface area contributed by atoms with Crippen molar-refractivity contribution in [3.8, 4) is 0 Å². The highest BCUT2D eigenvalue weighted by molar-refractivity contribution is 5.70. The zero-order chi connectivity index (χ0) is 35.0. The quantitative estimate of drug-likeness (QED) is 0.0471. The lowest BCUT2D eigenvalue weighted by Gasteiger charge is -2.15. The second kappa shape index (κ2) is 37.8. The maximum Gasteiger partial charge on any atom is 0.306 e. The summed E-state index contributed by atoms with van der Waals surface area (Å²) >= 11 is 0. The molecule has 0 rings (SSSR count). The molecule has 0 aromatic rings. The smallest absolute Gasteiger partial charge is 0.306 e. The molecule has 0 aliphatic heterocycles. The molecule has 0 heterocycles. The van der Waals surface area contributed by atoms with E-state index in [4.69, 9.17) is 9.47 Å². The van der Waals surface area contributed by atoms with Crippen molar-refractivity contribution in [2.75, 3.05) is 13.2 Å². The molecule has 0 aromatic carbocycles. The molecule has 266 valence electrons. The molecule has 0 unspecified atom stereocenters. The van der Waals surface area contributed by atoms with Crippen molar-refractivity contribution in [2.24, 2.45) is 0 Å². The van der Waals surface area contributed by atoms with Crippen molar-refractivity contribution in [3.63, 3.8) is 0 Å². The van der Waals surface area contributed by atoms with Gasteiger partial charge in [-0.1, -0.05) is 135 Å². The summed E-state index contributed by atoms with van der Waals surface area (Å²) in [5, 5.41) is 9.52. The lowest BCUT2D eigenvalue weighted by molar-refractivity contribution is -0.161. The van der Waals surface area contributed by atoms with Crippen LogP contribution in [0.3, 0.4) is 0 Å². The van der Waals surface area contributed by atoms with Crippen molar-refractivity contribution >= 4 is 11.9 Å². The first-order valence-corrected chi connectivity index (χ1v) is 18.1. The monoisotopic (exact) mass is 660 g/mol. The van der Waals surface area contributed by atoms with Crippen LogP contribution >= 0.6 is 0 Å². The first kappa shape index (κ1) is 44.3. The number of esters is 2. The second-order valence-electron chi connectivity index (χ2n) is 11.2. The fourth-order valence-electron chi connectivity index (χ4n) is 4.09. The van der Waals surface area contributed by atoms with Gasteiger partial charge in [0.15, 0.2) is 6.10 Å². The first-order valence-electron chi connectivity index (χ1n) is 18.1. The minimum atomic E-state index is -0.832. The van der Waals surface area contributed by atoms with Crippen LogP contribution in [0.1, 0.15) is 117 Å². The predicted molar refractivity (Wildman–Crippen MR) is 205 cm³/mol. The number of carbonyl (C=O) groups excluding carboxylic acids is 2. The van der Waals surface area contributed by atoms with E-state index in [1.54, 1.807) is 0 Å². The summed E-state index contributed by atoms with van der Waals surface area (Å²) in [7, 11) is 0. The van der Waals surface area contributed by atoms with Gasteiger partial charge in [-0.15, -0.1) is 0 Å². The molecule has 0 saturated carbocycles. The normalized spacial score (nSPS) is 13.6. The Morgan fingerprint density at radius 3 is 1.12 bits per heavy atom. The molecule has 5 nitrogen and oxygen atoms in total. The SMILES string of the molecule is CC/C=C\C/C=C\C/C=C\C/C=C\C/C=C\CCCC(=O)OC[C@H](CO)OC(=O)CCC/C=C\C/C=C\C/C=C\C/C=C\C/C=C\CC. The predicted octanol–water partition coefficient (Wildman–Crippen LogP) is 11.3. The topological polar surface area (TPSA) is 72.8 Å². The highest BCUT2D eigenvalue weighted by atomic mass is 16.6. The van der Waals surface area contributed by atoms with E-state index in [-0.39, 0.29) is 32.0 Å². The van der Waals surface area contributed by atoms with E-state index in [9.17, 15) is 14.7 Å². The van der Waals surface area contributed by atoms with Crippen LogP contribution in [0, 0.1) is 0 Å². The number of ether oxygens (including phenoxy) is 2. The van der Waals surface area contributed by atoms with Crippen molar-refractivity contribution in [3.05, 3.63) is 122 Å². The van der Waals surface area contributed by atoms with Crippen LogP contribution in [0.15, 0.2) is 122 Å². The zero-order valence-corrected chi connectivity index (χ0v) is 29.9. The van der Waals surface area contributed by atoms with Gasteiger partial charge >= 0.3 is 11.9 Å². The van der Waals surface area contributed by atoms with Gasteiger partial charge in [-0.2, -0.15) is 0 Å². The third kappa shape index (κ3) is 35.2. The zero-order valence-electron chi connectivity index (χ0n) is 29.9. The Labute approximate surface area is 293 Å². The molecular weight excluding hydrogens is 596 g/mol. The lowest BCUT2D eigenvalue weighted by Crippen LogP contribution is -2.28. The van der Waals surface area contributed by atoms with Gasteiger partial charge in [-0.3, -0.25) is 9.59 Å². The van der Waals surface area contributed by atoms with Gasteiger partial charge in [0, 0.05) is 12.8 Å². The van der Waals surface area contributed by atoms with E-state index in [1.807, 2.05) is 0 Å². The Bertz CT molecular complexity index is 1060. The molecular formula is C43H64O5. The van der Waals surface area contributed by atoms with Crippen LogP contribution in [0.4, 0.5) is 0 Å². The summed E-state index contributed by atoms with van der Waals surface area (Å²) in [6, 6.07) is 0. The van der Waals surface area contributed by atoms with E-state index in [0.717, 1.165) is 77.0 Å². The summed E-state index contributed by atoms with van der Waals surface area (Å²) in [6.45, 7) is 3.77. The largest absolute Gasteiger partial charge is 0.462 e. The number of aliphatic hydroxyl groups excluding tert-OH is 1. The molecule has 48 heavy (non-hydrogen) atoms. The van der Waals surface area contributed by atoms with E-state index < -0.39 is 12.1 Å². The second-order valence-corrected chi connectivity index (χ2v) is 11.2. The summed E-state index contributed by atoms with van der Waals surface area (Å²) < 4.78 is 10.5. The molecule has 0 aliphatic carbocycles. The Morgan fingerprint density at radius 1 is 0.479 bits per heavy atom. The van der Waals surface area contributed by atoms with E-state index in [2.05, 4.69) is 135 Å². The highest BCUT2D eigenvalue weighted by Gasteiger charge is 2.15. The summed E-state index contributed by atoms with van der Waals surface area (Å²) in [6.07, 6.45) is 55.5. The highest BCUT2D eigenvalue weighted by Crippen LogP contribution is 2.06. The number of aliphatic hydroxyl groups is 1. The van der Waals surface area contributed by atoms with Gasteiger partial charge in [0.2, 0.25) is 0 Å². The van der Waals surface area contributed by atoms with Crippen molar-refractivity contribution in [1.29, 1.82) is 0 Å². The molecule has 0 fully saturated rings. The van der Waals surface area contributed by atoms with Crippen LogP contribution in [0.5, 0.6) is 0 Å². The number of unbranched alkanes of at least 4 members (excludes halogenated alkanes) is 2. The molecule has 1 atom stereocenters. The first-order chi connectivity index (χ1) is 23.6. The summed E-state index contributed by atoms with van der Waals surface area (Å²) in [4.78, 5) is 24.2. The Kier molecular flexibility index (Phi) is 34.8. The molecule has 0 spiro atoms. The average Bonchev–Trinajstić information content (AvgIpc) is 3.09. The van der Waals surface area contributed by atoms with Crippen molar-refractivity contribution < 1.29 is 24.2 Å². The van der Waals surface area contributed by atoms with Crippen LogP contribution < -0.4 is 0 Å². The molecule has 1 N–H and O–H groups in total. The van der Waals surface area contributed by atoms with Crippen LogP contribution in [-0.2, 0) is 19.1 Å². The number of hydrogen-bond acceptors (Lipinski definition) is 5. The Morgan fingerprint density at radius 2 is 0.792 bits per heavy atom. The lowest BCUT2D eigenvalue weighted by atomic mass is 10.2. The van der Waals surface area contributed by atoms with Crippen LogP contribution in [0.2, 0.25) is 0 Å². The molecule has 0 aliphatic rings. The molecule has 0 saturated heterocycles. The minimum absolute atomic E-state index is 0.127. The maximum atomic E-state index is 12.1. The molecule has 0 aromatic heterocycles. The van der Waals surface area contributed by atoms with E-state index >= 15 is 0 Å². The fourth-order valence-corrected chi connectivity index (χ4v) is 4.09. The van der Waals surface area contributed by atoms with Gasteiger partial charge < -0.3 is 14.6 Å². The third-order valence-electron chi connectivity index (χ3n) is 6.75. The summed E-state index contributed by atoms with van der Waals surface area (Å²) in [5.74, 6) is -0.744. The van der Waals surface area contributed by atoms with Gasteiger partial charge in [0.05, 0.1) is 6.61 Å². The van der Waals surface area contributed by atoms with Crippen molar-refractivity contribution in [2.45, 2.75) is 123 Å². The molecule has 5 heteroatoms. The summed E-state index contributed by atoms with van der Waals surface area (Å²) in [5.41, 5.74) is 0. The third-order valence-corrected chi connectivity index (χ3v) is 6.75. The fraction of sp³-hybridized carbons (Fsp3) is 0.488. The number of hydrogen-bond donors (Lipinski definition) is 1.